The van der Waals surface area contributed by atoms with Gasteiger partial charge in [-0.1, -0.05) is 25.2 Å². The molecule has 0 radical (unpaired) electrons. The van der Waals surface area contributed by atoms with Crippen LogP contribution in [-0.4, -0.2) is 0 Å². The zero-order valence-electron chi connectivity index (χ0n) is 7.66. The maximum atomic E-state index is 4.20. The first-order chi connectivity index (χ1) is 5.77. The van der Waals surface area contributed by atoms with Crippen LogP contribution in [0.2, 0.25) is 0 Å². The summed E-state index contributed by atoms with van der Waals surface area (Å²) >= 11 is 0. The molecule has 0 aromatic heterocycles. The van der Waals surface area contributed by atoms with E-state index in [2.05, 4.69) is 18.9 Å². The summed E-state index contributed by atoms with van der Waals surface area (Å²) in [6, 6.07) is 0. The molecule has 0 bridgehead atoms. The summed E-state index contributed by atoms with van der Waals surface area (Å²) in [5.41, 5.74) is 6.43. The van der Waals surface area contributed by atoms with E-state index in [1.165, 1.54) is 49.7 Å². The van der Waals surface area contributed by atoms with Gasteiger partial charge in [-0.2, -0.15) is 0 Å². The van der Waals surface area contributed by atoms with Crippen molar-refractivity contribution >= 4 is 0 Å². The van der Waals surface area contributed by atoms with Crippen LogP contribution in [-0.2, 0) is 0 Å². The van der Waals surface area contributed by atoms with Gasteiger partial charge in [-0.15, -0.1) is 5.73 Å². The van der Waals surface area contributed by atoms with Crippen LogP contribution >= 0.6 is 0 Å². The van der Waals surface area contributed by atoms with E-state index in [1.807, 2.05) is 0 Å². The highest BCUT2D eigenvalue weighted by atomic mass is 14.5. The molecule has 2 saturated carbocycles. The highest BCUT2D eigenvalue weighted by Crippen LogP contribution is 2.56. The molecule has 1 spiro atoms. The van der Waals surface area contributed by atoms with Gasteiger partial charge in [0.15, 0.2) is 0 Å². The van der Waals surface area contributed by atoms with Gasteiger partial charge < -0.3 is 0 Å². The van der Waals surface area contributed by atoms with Crippen LogP contribution in [0.1, 0.15) is 38.5 Å². The highest BCUT2D eigenvalue weighted by molar-refractivity contribution is 5.29. The van der Waals surface area contributed by atoms with Crippen molar-refractivity contribution in [3.63, 3.8) is 0 Å². The van der Waals surface area contributed by atoms with Gasteiger partial charge in [0.05, 0.1) is 0 Å². The molecule has 0 unspecified atom stereocenters. The molecule has 0 atom stereocenters. The molecule has 2 fully saturated rings. The minimum atomic E-state index is 0.498. The van der Waals surface area contributed by atoms with E-state index in [1.54, 1.807) is 0 Å². The average Bonchev–Trinajstić information content (AvgIpc) is 2.02. The molecular weight excluding hydrogens is 144 g/mol. The second kappa shape index (κ2) is 2.64. The molecule has 0 aliphatic heterocycles. The van der Waals surface area contributed by atoms with Crippen LogP contribution in [0.3, 0.4) is 0 Å². The second-order valence-electron chi connectivity index (χ2n) is 4.22. The Morgan fingerprint density at radius 3 is 2.58 bits per heavy atom. The SMILES string of the molecule is C=C=C1CC2(CCCCC2=C)C1. The molecule has 2 aliphatic rings. The van der Waals surface area contributed by atoms with Crippen LogP contribution in [0.5, 0.6) is 0 Å². The fourth-order valence-electron chi connectivity index (χ4n) is 2.56. The third-order valence-corrected chi connectivity index (χ3v) is 3.49. The maximum absolute atomic E-state index is 4.20. The zero-order valence-corrected chi connectivity index (χ0v) is 7.66. The van der Waals surface area contributed by atoms with Crippen molar-refractivity contribution in [2.45, 2.75) is 38.5 Å². The minimum absolute atomic E-state index is 0.498. The number of rotatable bonds is 0. The number of hydrogen-bond donors (Lipinski definition) is 0. The van der Waals surface area contributed by atoms with Gasteiger partial charge >= 0.3 is 0 Å². The van der Waals surface area contributed by atoms with E-state index < -0.39 is 0 Å². The lowest BCUT2D eigenvalue weighted by molar-refractivity contribution is 0.206. The maximum Gasteiger partial charge on any atom is -0.000437 e. The third kappa shape index (κ3) is 0.990. The van der Waals surface area contributed by atoms with Gasteiger partial charge in [0.1, 0.15) is 0 Å². The van der Waals surface area contributed by atoms with Crippen molar-refractivity contribution in [2.24, 2.45) is 5.41 Å². The van der Waals surface area contributed by atoms with Crippen molar-refractivity contribution in [3.8, 4) is 0 Å². The lowest BCUT2D eigenvalue weighted by Gasteiger charge is -2.47. The van der Waals surface area contributed by atoms with Gasteiger partial charge in [0, 0.05) is 0 Å². The average molecular weight is 160 g/mol. The lowest BCUT2D eigenvalue weighted by Crippen LogP contribution is -2.35. The summed E-state index contributed by atoms with van der Waals surface area (Å²) in [5, 5.41) is 0. The lowest BCUT2D eigenvalue weighted by atomic mass is 9.56. The Labute approximate surface area is 74.7 Å². The van der Waals surface area contributed by atoms with Gasteiger partial charge in [-0.3, -0.25) is 0 Å². The quantitative estimate of drug-likeness (QED) is 0.375. The summed E-state index contributed by atoms with van der Waals surface area (Å²) in [4.78, 5) is 0. The summed E-state index contributed by atoms with van der Waals surface area (Å²) in [5.74, 6) is 0. The Morgan fingerprint density at radius 1 is 1.25 bits per heavy atom. The van der Waals surface area contributed by atoms with E-state index in [0.717, 1.165) is 0 Å². The second-order valence-corrected chi connectivity index (χ2v) is 4.22. The van der Waals surface area contributed by atoms with E-state index in [-0.39, 0.29) is 0 Å². The van der Waals surface area contributed by atoms with E-state index in [0.29, 0.717) is 5.41 Å². The van der Waals surface area contributed by atoms with Crippen LogP contribution in [0.25, 0.3) is 0 Å². The van der Waals surface area contributed by atoms with E-state index >= 15 is 0 Å². The van der Waals surface area contributed by atoms with Crippen molar-refractivity contribution in [1.29, 1.82) is 0 Å². The number of hydrogen-bond acceptors (Lipinski definition) is 0. The molecule has 0 heteroatoms. The van der Waals surface area contributed by atoms with Crippen molar-refractivity contribution in [2.75, 3.05) is 0 Å². The molecule has 2 aliphatic carbocycles. The summed E-state index contributed by atoms with van der Waals surface area (Å²) in [7, 11) is 0. The Hall–Kier alpha value is -0.740. The molecule has 2 rings (SSSR count). The van der Waals surface area contributed by atoms with Gasteiger partial charge in [0.2, 0.25) is 0 Å². The number of allylic oxidation sites excluding steroid dienone is 2. The normalized spacial score (nSPS) is 34.7. The highest BCUT2D eigenvalue weighted by Gasteiger charge is 2.43. The first-order valence-electron chi connectivity index (χ1n) is 4.83. The van der Waals surface area contributed by atoms with Gasteiger partial charge in [-0.25, -0.2) is 0 Å². The van der Waals surface area contributed by atoms with Crippen LogP contribution in [0, 0.1) is 5.41 Å². The zero-order chi connectivity index (χ0) is 8.60. The Kier molecular flexibility index (Phi) is 1.73. The monoisotopic (exact) mass is 160 g/mol. The van der Waals surface area contributed by atoms with Crippen LogP contribution in [0.15, 0.2) is 30.0 Å². The van der Waals surface area contributed by atoms with Crippen molar-refractivity contribution in [3.05, 3.63) is 30.0 Å². The van der Waals surface area contributed by atoms with Crippen LogP contribution < -0.4 is 0 Å². The molecule has 0 saturated heterocycles. The standard InChI is InChI=1S/C12H16/c1-3-11-8-12(9-11)7-5-4-6-10(12)2/h1-2,4-9H2. The molecular formula is C12H16. The molecule has 0 aromatic rings. The van der Waals surface area contributed by atoms with Gasteiger partial charge in [-0.05, 0) is 43.1 Å². The Morgan fingerprint density at radius 2 is 2.00 bits per heavy atom. The molecule has 0 heterocycles. The molecule has 0 amide bonds. The molecule has 0 aromatic carbocycles. The smallest absolute Gasteiger partial charge is 0.000437 e. The first kappa shape index (κ1) is 7.89. The fourth-order valence-corrected chi connectivity index (χ4v) is 2.56. The molecule has 0 N–H and O–H groups in total. The predicted octanol–water partition coefficient (Wildman–Crippen LogP) is 3.61. The largest absolute Gasteiger partial charge is 0.130 e. The third-order valence-electron chi connectivity index (χ3n) is 3.49. The van der Waals surface area contributed by atoms with E-state index in [9.17, 15) is 0 Å². The Balaban J connectivity index is 2.12. The summed E-state index contributed by atoms with van der Waals surface area (Å²) in [6.45, 7) is 7.89. The van der Waals surface area contributed by atoms with Crippen molar-refractivity contribution in [1.82, 2.24) is 0 Å². The first-order valence-corrected chi connectivity index (χ1v) is 4.83. The predicted molar refractivity (Wildman–Crippen MR) is 51.9 cm³/mol. The molecule has 0 nitrogen and oxygen atoms in total. The van der Waals surface area contributed by atoms with Gasteiger partial charge in [0.25, 0.3) is 0 Å². The summed E-state index contributed by atoms with van der Waals surface area (Å²) < 4.78 is 0. The van der Waals surface area contributed by atoms with Crippen LogP contribution in [0.4, 0.5) is 0 Å². The van der Waals surface area contributed by atoms with E-state index in [4.69, 9.17) is 0 Å². The topological polar surface area (TPSA) is 0 Å². The molecule has 64 valence electrons. The van der Waals surface area contributed by atoms with Crippen molar-refractivity contribution < 1.29 is 0 Å². The summed E-state index contributed by atoms with van der Waals surface area (Å²) in [6.07, 6.45) is 7.77. The fraction of sp³-hybridized carbons (Fsp3) is 0.583. The Bertz CT molecular complexity index is 256. The molecule has 12 heavy (non-hydrogen) atoms. The minimum Gasteiger partial charge on any atom is -0.130 e.